The van der Waals surface area contributed by atoms with E-state index in [1.54, 1.807) is 0 Å². The van der Waals surface area contributed by atoms with Crippen LogP contribution in [0.25, 0.3) is 0 Å². The van der Waals surface area contributed by atoms with Crippen LogP contribution in [0.3, 0.4) is 0 Å². The molecule has 0 aromatic rings. The third-order valence-corrected chi connectivity index (χ3v) is 2.95. The molecule has 0 aromatic heterocycles. The summed E-state index contributed by atoms with van der Waals surface area (Å²) >= 11 is 0. The monoisotopic (exact) mass is 210 g/mol. The number of ether oxygens (including phenoxy) is 1. The number of carbonyl (C=O) groups excluding carboxylic acids is 1. The number of hydrogen-bond acceptors (Lipinski definition) is 2. The summed E-state index contributed by atoms with van der Waals surface area (Å²) in [6.45, 7) is 5.95. The van der Waals surface area contributed by atoms with E-state index in [1.165, 1.54) is 19.3 Å². The summed E-state index contributed by atoms with van der Waals surface area (Å²) < 4.78 is 5.37. The van der Waals surface area contributed by atoms with E-state index in [4.69, 9.17) is 4.74 Å². The summed E-state index contributed by atoms with van der Waals surface area (Å²) in [6.07, 6.45) is 8.80. The molecule has 1 aliphatic rings. The van der Waals surface area contributed by atoms with Gasteiger partial charge < -0.3 is 4.74 Å². The van der Waals surface area contributed by atoms with Crippen molar-refractivity contribution in [2.75, 3.05) is 0 Å². The zero-order valence-electron chi connectivity index (χ0n) is 9.76. The predicted molar refractivity (Wildman–Crippen MR) is 61.6 cm³/mol. The van der Waals surface area contributed by atoms with Gasteiger partial charge in [0.1, 0.15) is 6.10 Å². The summed E-state index contributed by atoms with van der Waals surface area (Å²) in [5.41, 5.74) is 0.648. The van der Waals surface area contributed by atoms with Crippen molar-refractivity contribution < 1.29 is 9.53 Å². The summed E-state index contributed by atoms with van der Waals surface area (Å²) in [5.74, 6) is -0.169. The van der Waals surface area contributed by atoms with Crippen molar-refractivity contribution in [1.82, 2.24) is 0 Å². The van der Waals surface area contributed by atoms with Crippen molar-refractivity contribution in [3.8, 4) is 0 Å². The van der Waals surface area contributed by atoms with Gasteiger partial charge in [-0.15, -0.1) is 0 Å². The van der Waals surface area contributed by atoms with E-state index in [-0.39, 0.29) is 12.1 Å². The maximum absolute atomic E-state index is 11.6. The molecule has 0 N–H and O–H groups in total. The minimum absolute atomic E-state index is 0.167. The predicted octanol–water partition coefficient (Wildman–Crippen LogP) is 3.61. The van der Waals surface area contributed by atoms with Crippen LogP contribution in [0.5, 0.6) is 0 Å². The van der Waals surface area contributed by atoms with E-state index in [0.717, 1.165) is 32.1 Å². The molecule has 86 valence electrons. The fourth-order valence-corrected chi connectivity index (χ4v) is 1.93. The maximum Gasteiger partial charge on any atom is 0.333 e. The summed E-state index contributed by atoms with van der Waals surface area (Å²) in [5, 5.41) is 0. The van der Waals surface area contributed by atoms with Gasteiger partial charge in [0.15, 0.2) is 0 Å². The molecule has 1 aliphatic carbocycles. The molecule has 2 nitrogen and oxygen atoms in total. The molecule has 0 unspecified atom stereocenters. The standard InChI is InChI=1S/C13H22O2/c1-3-4-5-8-11(2)13(14)15-12-9-6-7-10-12/h12H,2-10H2,1H3. The first kappa shape index (κ1) is 12.3. The second-order valence-corrected chi connectivity index (χ2v) is 4.37. The normalized spacial score (nSPS) is 16.6. The third kappa shape index (κ3) is 4.50. The highest BCUT2D eigenvalue weighted by atomic mass is 16.5. The fraction of sp³-hybridized carbons (Fsp3) is 0.769. The zero-order valence-corrected chi connectivity index (χ0v) is 9.76. The number of esters is 1. The van der Waals surface area contributed by atoms with Gasteiger partial charge in [-0.2, -0.15) is 0 Å². The van der Waals surface area contributed by atoms with Crippen LogP contribution in [-0.2, 0) is 9.53 Å². The van der Waals surface area contributed by atoms with E-state index in [0.29, 0.717) is 5.57 Å². The van der Waals surface area contributed by atoms with E-state index in [1.807, 2.05) is 0 Å². The Kier molecular flexibility index (Phi) is 5.44. The lowest BCUT2D eigenvalue weighted by atomic mass is 10.1. The Morgan fingerprint density at radius 3 is 2.60 bits per heavy atom. The topological polar surface area (TPSA) is 26.3 Å². The molecular weight excluding hydrogens is 188 g/mol. The molecule has 0 atom stereocenters. The Balaban J connectivity index is 2.17. The van der Waals surface area contributed by atoms with Crippen LogP contribution < -0.4 is 0 Å². The van der Waals surface area contributed by atoms with Gasteiger partial charge in [0.2, 0.25) is 0 Å². The molecule has 1 saturated carbocycles. The largest absolute Gasteiger partial charge is 0.459 e. The van der Waals surface area contributed by atoms with E-state index >= 15 is 0 Å². The fourth-order valence-electron chi connectivity index (χ4n) is 1.93. The molecule has 0 amide bonds. The number of carbonyl (C=O) groups is 1. The average molecular weight is 210 g/mol. The lowest BCUT2D eigenvalue weighted by Gasteiger charge is -2.12. The molecule has 0 heterocycles. The first-order chi connectivity index (χ1) is 7.24. The van der Waals surface area contributed by atoms with Crippen LogP contribution in [0, 0.1) is 0 Å². The Labute approximate surface area is 92.7 Å². The first-order valence-corrected chi connectivity index (χ1v) is 6.12. The highest BCUT2D eigenvalue weighted by Crippen LogP contribution is 2.22. The van der Waals surface area contributed by atoms with Gasteiger partial charge in [-0.05, 0) is 38.5 Å². The molecule has 0 spiro atoms. The van der Waals surface area contributed by atoms with Crippen molar-refractivity contribution in [1.29, 1.82) is 0 Å². The smallest absolute Gasteiger partial charge is 0.333 e. The Bertz CT molecular complexity index is 215. The number of hydrogen-bond donors (Lipinski definition) is 0. The second kappa shape index (κ2) is 6.65. The van der Waals surface area contributed by atoms with Gasteiger partial charge >= 0.3 is 5.97 Å². The molecule has 1 fully saturated rings. The molecule has 0 saturated heterocycles. The van der Waals surface area contributed by atoms with Crippen molar-refractivity contribution in [2.45, 2.75) is 64.4 Å². The van der Waals surface area contributed by atoms with E-state index in [9.17, 15) is 4.79 Å². The summed E-state index contributed by atoms with van der Waals surface area (Å²) in [7, 11) is 0. The van der Waals surface area contributed by atoms with Crippen molar-refractivity contribution in [3.63, 3.8) is 0 Å². The van der Waals surface area contributed by atoms with Crippen LogP contribution in [0.4, 0.5) is 0 Å². The Morgan fingerprint density at radius 2 is 2.00 bits per heavy atom. The van der Waals surface area contributed by atoms with E-state index < -0.39 is 0 Å². The summed E-state index contributed by atoms with van der Waals surface area (Å²) in [4.78, 5) is 11.6. The molecule has 0 aromatic carbocycles. The maximum atomic E-state index is 11.6. The molecule has 15 heavy (non-hydrogen) atoms. The van der Waals surface area contributed by atoms with Crippen LogP contribution >= 0.6 is 0 Å². The van der Waals surface area contributed by atoms with Crippen molar-refractivity contribution >= 4 is 5.97 Å². The van der Waals surface area contributed by atoms with Gasteiger partial charge in [0.05, 0.1) is 0 Å². The van der Waals surface area contributed by atoms with Gasteiger partial charge in [0.25, 0.3) is 0 Å². The Hall–Kier alpha value is -0.790. The SMILES string of the molecule is C=C(CCCCC)C(=O)OC1CCCC1. The second-order valence-electron chi connectivity index (χ2n) is 4.37. The minimum atomic E-state index is -0.169. The van der Waals surface area contributed by atoms with Crippen molar-refractivity contribution in [2.24, 2.45) is 0 Å². The molecule has 1 rings (SSSR count). The highest BCUT2D eigenvalue weighted by molar-refractivity contribution is 5.87. The number of unbranched alkanes of at least 4 members (excludes halogenated alkanes) is 2. The third-order valence-electron chi connectivity index (χ3n) is 2.95. The molecule has 2 heteroatoms. The quantitative estimate of drug-likeness (QED) is 0.380. The van der Waals surface area contributed by atoms with Crippen molar-refractivity contribution in [3.05, 3.63) is 12.2 Å². The minimum Gasteiger partial charge on any atom is -0.459 e. The Morgan fingerprint density at radius 1 is 1.33 bits per heavy atom. The first-order valence-electron chi connectivity index (χ1n) is 6.12. The van der Waals surface area contributed by atoms with Crippen LogP contribution in [-0.4, -0.2) is 12.1 Å². The van der Waals surface area contributed by atoms with Gasteiger partial charge in [-0.1, -0.05) is 26.3 Å². The van der Waals surface area contributed by atoms with E-state index in [2.05, 4.69) is 13.5 Å². The highest BCUT2D eigenvalue weighted by Gasteiger charge is 2.20. The molecule has 0 aliphatic heterocycles. The van der Waals surface area contributed by atoms with Crippen LogP contribution in [0.1, 0.15) is 58.3 Å². The lowest BCUT2D eigenvalue weighted by molar-refractivity contribution is -0.144. The number of rotatable bonds is 6. The average Bonchev–Trinajstić information content (AvgIpc) is 2.70. The molecule has 0 radical (unpaired) electrons. The summed E-state index contributed by atoms with van der Waals surface area (Å²) in [6, 6.07) is 0. The van der Waals surface area contributed by atoms with Gasteiger partial charge in [-0.25, -0.2) is 4.79 Å². The van der Waals surface area contributed by atoms with Crippen LogP contribution in [0.2, 0.25) is 0 Å². The molecular formula is C13H22O2. The zero-order chi connectivity index (χ0) is 11.1. The van der Waals surface area contributed by atoms with Crippen LogP contribution in [0.15, 0.2) is 12.2 Å². The lowest BCUT2D eigenvalue weighted by Crippen LogP contribution is -2.15. The van der Waals surface area contributed by atoms with Gasteiger partial charge in [-0.3, -0.25) is 0 Å². The van der Waals surface area contributed by atoms with Gasteiger partial charge in [0, 0.05) is 5.57 Å². The molecule has 0 bridgehead atoms.